The summed E-state index contributed by atoms with van der Waals surface area (Å²) in [6.07, 6.45) is -0.880. The molecule has 0 saturated carbocycles. The van der Waals surface area contributed by atoms with Gasteiger partial charge in [0.15, 0.2) is 6.10 Å². The van der Waals surface area contributed by atoms with E-state index in [0.29, 0.717) is 16.8 Å². The largest absolute Gasteiger partial charge is 0.479 e. The fourth-order valence-corrected chi connectivity index (χ4v) is 1.42. The second-order valence-electron chi connectivity index (χ2n) is 3.71. The van der Waals surface area contributed by atoms with E-state index in [0.717, 1.165) is 0 Å². The van der Waals surface area contributed by atoms with E-state index in [-0.39, 0.29) is 6.42 Å². The summed E-state index contributed by atoms with van der Waals surface area (Å²) in [7, 11) is 0. The standard InChI is InChI=1S/C12H15NO4/c1-3-10(11(14)15)17-12(16)9-5-4-8(13)6-7(9)2/h4-6,10H,3,13H2,1-2H3,(H,14,15). The van der Waals surface area contributed by atoms with Crippen LogP contribution in [0.1, 0.15) is 29.3 Å². The van der Waals surface area contributed by atoms with Gasteiger partial charge in [-0.05, 0) is 37.1 Å². The number of nitrogens with two attached hydrogens (primary N) is 1. The molecule has 5 nitrogen and oxygen atoms in total. The van der Waals surface area contributed by atoms with Gasteiger partial charge in [0.1, 0.15) is 0 Å². The maximum atomic E-state index is 11.7. The van der Waals surface area contributed by atoms with Crippen LogP contribution >= 0.6 is 0 Å². The van der Waals surface area contributed by atoms with Crippen molar-refractivity contribution in [2.24, 2.45) is 0 Å². The van der Waals surface area contributed by atoms with E-state index in [1.807, 2.05) is 0 Å². The molecule has 0 heterocycles. The summed E-state index contributed by atoms with van der Waals surface area (Å²) in [6.45, 7) is 3.36. The number of benzene rings is 1. The van der Waals surface area contributed by atoms with Gasteiger partial charge in [-0.2, -0.15) is 0 Å². The lowest BCUT2D eigenvalue weighted by Crippen LogP contribution is -2.26. The normalized spacial score (nSPS) is 11.9. The molecule has 0 aromatic heterocycles. The molecule has 0 spiro atoms. The van der Waals surface area contributed by atoms with Crippen LogP contribution in [0.5, 0.6) is 0 Å². The van der Waals surface area contributed by atoms with Crippen molar-refractivity contribution in [1.82, 2.24) is 0 Å². The number of esters is 1. The molecule has 0 aliphatic carbocycles. The third kappa shape index (κ3) is 3.21. The first kappa shape index (κ1) is 13.0. The number of carbonyl (C=O) groups excluding carboxylic acids is 1. The topological polar surface area (TPSA) is 89.6 Å². The predicted molar refractivity (Wildman–Crippen MR) is 62.7 cm³/mol. The molecule has 1 aromatic carbocycles. The van der Waals surface area contributed by atoms with E-state index in [4.69, 9.17) is 15.6 Å². The fraction of sp³-hybridized carbons (Fsp3) is 0.333. The minimum atomic E-state index is -1.14. The highest BCUT2D eigenvalue weighted by Gasteiger charge is 2.21. The lowest BCUT2D eigenvalue weighted by Gasteiger charge is -2.12. The van der Waals surface area contributed by atoms with E-state index < -0.39 is 18.0 Å². The van der Waals surface area contributed by atoms with Crippen LogP contribution in [-0.2, 0) is 9.53 Å². The van der Waals surface area contributed by atoms with Crippen molar-refractivity contribution in [3.63, 3.8) is 0 Å². The Labute approximate surface area is 99.2 Å². The monoisotopic (exact) mass is 237 g/mol. The Morgan fingerprint density at radius 1 is 1.47 bits per heavy atom. The maximum Gasteiger partial charge on any atom is 0.345 e. The second kappa shape index (κ2) is 5.34. The Morgan fingerprint density at radius 3 is 2.59 bits per heavy atom. The Hall–Kier alpha value is -2.04. The van der Waals surface area contributed by atoms with E-state index in [1.165, 1.54) is 6.07 Å². The molecule has 92 valence electrons. The Morgan fingerprint density at radius 2 is 2.12 bits per heavy atom. The second-order valence-corrected chi connectivity index (χ2v) is 3.71. The lowest BCUT2D eigenvalue weighted by molar-refractivity contribution is -0.147. The summed E-state index contributed by atoms with van der Waals surface area (Å²) < 4.78 is 4.89. The van der Waals surface area contributed by atoms with E-state index >= 15 is 0 Å². The molecule has 17 heavy (non-hydrogen) atoms. The number of anilines is 1. The van der Waals surface area contributed by atoms with Crippen molar-refractivity contribution in [1.29, 1.82) is 0 Å². The van der Waals surface area contributed by atoms with Gasteiger partial charge in [-0.1, -0.05) is 6.92 Å². The number of ether oxygens (including phenoxy) is 1. The van der Waals surface area contributed by atoms with Gasteiger partial charge in [0.2, 0.25) is 0 Å². The highest BCUT2D eigenvalue weighted by atomic mass is 16.6. The first-order chi connectivity index (χ1) is 7.95. The van der Waals surface area contributed by atoms with Gasteiger partial charge in [0.25, 0.3) is 0 Å². The van der Waals surface area contributed by atoms with Crippen molar-refractivity contribution in [2.75, 3.05) is 5.73 Å². The van der Waals surface area contributed by atoms with Crippen LogP contribution in [0, 0.1) is 6.92 Å². The molecule has 5 heteroatoms. The number of hydrogen-bond acceptors (Lipinski definition) is 4. The zero-order chi connectivity index (χ0) is 13.0. The van der Waals surface area contributed by atoms with Crippen LogP contribution in [0.25, 0.3) is 0 Å². The Balaban J connectivity index is 2.86. The summed E-state index contributed by atoms with van der Waals surface area (Å²) in [5.74, 6) is -1.79. The zero-order valence-electron chi connectivity index (χ0n) is 9.77. The molecular formula is C12H15NO4. The van der Waals surface area contributed by atoms with Crippen LogP contribution in [0.3, 0.4) is 0 Å². The van der Waals surface area contributed by atoms with Crippen molar-refractivity contribution < 1.29 is 19.4 Å². The Bertz CT molecular complexity index is 442. The lowest BCUT2D eigenvalue weighted by atomic mass is 10.1. The van der Waals surface area contributed by atoms with Crippen LogP contribution < -0.4 is 5.73 Å². The summed E-state index contributed by atoms with van der Waals surface area (Å²) in [5, 5.41) is 8.79. The molecule has 0 aliphatic heterocycles. The SMILES string of the molecule is CCC(OC(=O)c1ccc(N)cc1C)C(=O)O. The van der Waals surface area contributed by atoms with Crippen molar-refractivity contribution in [3.8, 4) is 0 Å². The number of aryl methyl sites for hydroxylation is 1. The number of carbonyl (C=O) groups is 2. The van der Waals surface area contributed by atoms with E-state index in [1.54, 1.807) is 26.0 Å². The van der Waals surface area contributed by atoms with Crippen LogP contribution in [-0.4, -0.2) is 23.1 Å². The Kier molecular flexibility index (Phi) is 4.09. The number of aliphatic carboxylic acids is 1. The summed E-state index contributed by atoms with van der Waals surface area (Å²) >= 11 is 0. The van der Waals surface area contributed by atoms with Crippen LogP contribution in [0.2, 0.25) is 0 Å². The van der Waals surface area contributed by atoms with Crippen LogP contribution in [0.4, 0.5) is 5.69 Å². The maximum absolute atomic E-state index is 11.7. The smallest absolute Gasteiger partial charge is 0.345 e. The molecule has 1 atom stereocenters. The summed E-state index contributed by atoms with van der Waals surface area (Å²) in [4.78, 5) is 22.5. The molecular weight excluding hydrogens is 222 g/mol. The van der Waals surface area contributed by atoms with Gasteiger partial charge in [0.05, 0.1) is 5.56 Å². The van der Waals surface area contributed by atoms with Crippen LogP contribution in [0.15, 0.2) is 18.2 Å². The molecule has 3 N–H and O–H groups in total. The molecule has 1 rings (SSSR count). The summed E-state index contributed by atoms with van der Waals surface area (Å²) in [5.41, 5.74) is 7.10. The third-order valence-corrected chi connectivity index (χ3v) is 2.37. The first-order valence-electron chi connectivity index (χ1n) is 5.25. The molecule has 1 aromatic rings. The average molecular weight is 237 g/mol. The van der Waals surface area contributed by atoms with Gasteiger partial charge in [-0.25, -0.2) is 9.59 Å². The quantitative estimate of drug-likeness (QED) is 0.613. The molecule has 0 saturated heterocycles. The fourth-order valence-electron chi connectivity index (χ4n) is 1.42. The minimum absolute atomic E-state index is 0.231. The zero-order valence-corrected chi connectivity index (χ0v) is 9.77. The molecule has 0 bridgehead atoms. The summed E-state index contributed by atoms with van der Waals surface area (Å²) in [6, 6.07) is 4.74. The average Bonchev–Trinajstić information content (AvgIpc) is 2.24. The van der Waals surface area contributed by atoms with Gasteiger partial charge >= 0.3 is 11.9 Å². The highest BCUT2D eigenvalue weighted by Crippen LogP contribution is 2.15. The molecule has 0 aliphatic rings. The van der Waals surface area contributed by atoms with Gasteiger partial charge in [0, 0.05) is 5.69 Å². The number of carboxylic acids is 1. The van der Waals surface area contributed by atoms with Gasteiger partial charge in [-0.15, -0.1) is 0 Å². The highest BCUT2D eigenvalue weighted by molar-refractivity contribution is 5.93. The number of nitrogen functional groups attached to an aromatic ring is 1. The minimum Gasteiger partial charge on any atom is -0.479 e. The number of hydrogen-bond donors (Lipinski definition) is 2. The van der Waals surface area contributed by atoms with Crippen molar-refractivity contribution in [2.45, 2.75) is 26.4 Å². The first-order valence-corrected chi connectivity index (χ1v) is 5.25. The molecule has 1 unspecified atom stereocenters. The number of carboxylic acid groups (broad SMARTS) is 1. The molecule has 0 amide bonds. The van der Waals surface area contributed by atoms with E-state index in [9.17, 15) is 9.59 Å². The van der Waals surface area contributed by atoms with Crippen molar-refractivity contribution in [3.05, 3.63) is 29.3 Å². The third-order valence-electron chi connectivity index (χ3n) is 2.37. The van der Waals surface area contributed by atoms with Crippen molar-refractivity contribution >= 4 is 17.6 Å². The van der Waals surface area contributed by atoms with Gasteiger partial charge in [-0.3, -0.25) is 0 Å². The predicted octanol–water partition coefficient (Wildman–Crippen LogP) is 1.60. The van der Waals surface area contributed by atoms with E-state index in [2.05, 4.69) is 0 Å². The molecule has 0 fully saturated rings. The molecule has 0 radical (unpaired) electrons. The number of rotatable bonds is 4. The van der Waals surface area contributed by atoms with Gasteiger partial charge < -0.3 is 15.6 Å².